The molecule has 1 saturated heterocycles. The van der Waals surface area contributed by atoms with Crippen LogP contribution < -0.4 is 16.0 Å². The molecule has 142 valence electrons. The number of nitrogens with two attached hydrogens (primary N) is 1. The Morgan fingerprint density at radius 2 is 1.81 bits per heavy atom. The number of nitrogens with zero attached hydrogens (tertiary/aromatic N) is 1. The van der Waals surface area contributed by atoms with Crippen LogP contribution in [0.5, 0.6) is 0 Å². The van der Waals surface area contributed by atoms with Crippen LogP contribution in [0.3, 0.4) is 0 Å². The van der Waals surface area contributed by atoms with Crippen LogP contribution in [0.15, 0.2) is 42.5 Å². The SMILES string of the molecule is Cc1ccc(N)cc1C(=O)Nc1ccccc1N1CCC(O)CC1.Cl.Cl. The third-order valence-electron chi connectivity index (χ3n) is 4.46. The van der Waals surface area contributed by atoms with Crippen molar-refractivity contribution in [3.63, 3.8) is 0 Å². The monoisotopic (exact) mass is 397 g/mol. The van der Waals surface area contributed by atoms with Crippen LogP contribution >= 0.6 is 24.8 Å². The van der Waals surface area contributed by atoms with E-state index < -0.39 is 0 Å². The van der Waals surface area contributed by atoms with E-state index in [9.17, 15) is 9.90 Å². The van der Waals surface area contributed by atoms with Gasteiger partial charge in [0.25, 0.3) is 5.91 Å². The van der Waals surface area contributed by atoms with Crippen LogP contribution in [0.4, 0.5) is 17.1 Å². The first-order valence-corrected chi connectivity index (χ1v) is 8.24. The molecule has 0 radical (unpaired) electrons. The molecule has 0 aliphatic carbocycles. The van der Waals surface area contributed by atoms with Crippen molar-refractivity contribution in [1.29, 1.82) is 0 Å². The Kier molecular flexibility index (Phi) is 8.21. The molecule has 0 aromatic heterocycles. The molecule has 3 rings (SSSR count). The second-order valence-corrected chi connectivity index (χ2v) is 6.26. The first kappa shape index (κ1) is 22.1. The fourth-order valence-electron chi connectivity index (χ4n) is 3.04. The number of benzene rings is 2. The van der Waals surface area contributed by atoms with E-state index in [4.69, 9.17) is 5.73 Å². The summed E-state index contributed by atoms with van der Waals surface area (Å²) in [5.74, 6) is -0.163. The Bertz CT molecular complexity index is 747. The molecule has 2 aromatic carbocycles. The number of nitrogen functional groups attached to an aromatic ring is 1. The van der Waals surface area contributed by atoms with E-state index in [1.807, 2.05) is 37.3 Å². The molecule has 2 aromatic rings. The summed E-state index contributed by atoms with van der Waals surface area (Å²) in [6, 6.07) is 13.1. The standard InChI is InChI=1S/C19H23N3O2.2ClH/c1-13-6-7-14(20)12-16(13)19(24)21-17-4-2-3-5-18(17)22-10-8-15(23)9-11-22;;/h2-7,12,15,23H,8-11,20H2,1H3,(H,21,24);2*1H. The van der Waals surface area contributed by atoms with Gasteiger partial charge in [0, 0.05) is 24.3 Å². The van der Waals surface area contributed by atoms with Gasteiger partial charge in [-0.3, -0.25) is 4.79 Å². The lowest BCUT2D eigenvalue weighted by atomic mass is 10.1. The number of rotatable bonds is 3. The maximum Gasteiger partial charge on any atom is 0.256 e. The number of para-hydroxylation sites is 2. The molecular weight excluding hydrogens is 373 g/mol. The van der Waals surface area contributed by atoms with Gasteiger partial charge < -0.3 is 21.1 Å². The summed E-state index contributed by atoms with van der Waals surface area (Å²) < 4.78 is 0. The molecule has 7 heteroatoms. The van der Waals surface area contributed by atoms with Crippen LogP contribution in [-0.4, -0.2) is 30.2 Å². The van der Waals surface area contributed by atoms with E-state index in [-0.39, 0.29) is 36.8 Å². The van der Waals surface area contributed by atoms with Crippen LogP contribution in [-0.2, 0) is 0 Å². The molecule has 1 fully saturated rings. The number of amides is 1. The van der Waals surface area contributed by atoms with E-state index in [2.05, 4.69) is 10.2 Å². The predicted octanol–water partition coefficient (Wildman–Crippen LogP) is 3.63. The Balaban J connectivity index is 0.00000169. The minimum absolute atomic E-state index is 0. The second kappa shape index (κ2) is 9.67. The lowest BCUT2D eigenvalue weighted by Crippen LogP contribution is -2.36. The average Bonchev–Trinajstić information content (AvgIpc) is 2.58. The predicted molar refractivity (Wildman–Crippen MR) is 112 cm³/mol. The van der Waals surface area contributed by atoms with Crippen LogP contribution in [0, 0.1) is 6.92 Å². The number of aliphatic hydroxyl groups excluding tert-OH is 1. The number of carbonyl (C=O) groups excluding carboxylic acids is 1. The smallest absolute Gasteiger partial charge is 0.256 e. The van der Waals surface area contributed by atoms with E-state index in [0.29, 0.717) is 11.3 Å². The molecule has 26 heavy (non-hydrogen) atoms. The maximum atomic E-state index is 12.6. The van der Waals surface area contributed by atoms with Gasteiger partial charge in [0.15, 0.2) is 0 Å². The average molecular weight is 398 g/mol. The molecule has 1 aliphatic heterocycles. The molecule has 1 amide bonds. The Morgan fingerprint density at radius 3 is 2.50 bits per heavy atom. The van der Waals surface area contributed by atoms with Crippen molar-refractivity contribution in [3.8, 4) is 0 Å². The topological polar surface area (TPSA) is 78.6 Å². The third-order valence-corrected chi connectivity index (χ3v) is 4.46. The van der Waals surface area contributed by atoms with Gasteiger partial charge in [0.2, 0.25) is 0 Å². The number of anilines is 3. The summed E-state index contributed by atoms with van der Waals surface area (Å²) >= 11 is 0. The quantitative estimate of drug-likeness (QED) is 0.690. The van der Waals surface area contributed by atoms with E-state index in [0.717, 1.165) is 42.9 Å². The van der Waals surface area contributed by atoms with Gasteiger partial charge >= 0.3 is 0 Å². The molecule has 4 N–H and O–H groups in total. The molecule has 0 spiro atoms. The number of piperidine rings is 1. The van der Waals surface area contributed by atoms with E-state index >= 15 is 0 Å². The summed E-state index contributed by atoms with van der Waals surface area (Å²) in [6.45, 7) is 3.46. The number of hydrogen-bond acceptors (Lipinski definition) is 4. The molecule has 5 nitrogen and oxygen atoms in total. The van der Waals surface area contributed by atoms with Gasteiger partial charge in [0.05, 0.1) is 17.5 Å². The number of carbonyl (C=O) groups is 1. The van der Waals surface area contributed by atoms with Gasteiger partial charge in [-0.2, -0.15) is 0 Å². The van der Waals surface area contributed by atoms with E-state index in [1.165, 1.54) is 0 Å². The molecule has 0 bridgehead atoms. The fraction of sp³-hybridized carbons (Fsp3) is 0.316. The van der Waals surface area contributed by atoms with Crippen molar-refractivity contribution in [2.45, 2.75) is 25.9 Å². The highest BCUT2D eigenvalue weighted by molar-refractivity contribution is 6.07. The first-order chi connectivity index (χ1) is 11.5. The molecule has 1 heterocycles. The van der Waals surface area contributed by atoms with Gasteiger partial charge in [-0.15, -0.1) is 24.8 Å². The zero-order chi connectivity index (χ0) is 17.1. The summed E-state index contributed by atoms with van der Waals surface area (Å²) in [4.78, 5) is 14.9. The van der Waals surface area contributed by atoms with Crippen molar-refractivity contribution in [2.24, 2.45) is 0 Å². The Hall–Kier alpha value is -1.95. The van der Waals surface area contributed by atoms with Gasteiger partial charge in [-0.05, 0) is 49.6 Å². The third kappa shape index (κ3) is 5.04. The van der Waals surface area contributed by atoms with Crippen LogP contribution in [0.25, 0.3) is 0 Å². The van der Waals surface area contributed by atoms with Crippen molar-refractivity contribution in [1.82, 2.24) is 0 Å². The highest BCUT2D eigenvalue weighted by Crippen LogP contribution is 2.29. The molecular formula is C19H25Cl2N3O2. The lowest BCUT2D eigenvalue weighted by Gasteiger charge is -2.32. The van der Waals surface area contributed by atoms with Crippen molar-refractivity contribution >= 4 is 47.8 Å². The number of aryl methyl sites for hydroxylation is 1. The maximum absolute atomic E-state index is 12.6. The van der Waals surface area contributed by atoms with Gasteiger partial charge in [0.1, 0.15) is 0 Å². The van der Waals surface area contributed by atoms with Crippen molar-refractivity contribution in [3.05, 3.63) is 53.6 Å². The summed E-state index contributed by atoms with van der Waals surface area (Å²) in [5.41, 5.74) is 9.62. The Morgan fingerprint density at radius 1 is 1.15 bits per heavy atom. The number of halogens is 2. The summed E-state index contributed by atoms with van der Waals surface area (Å²) in [6.07, 6.45) is 1.27. The van der Waals surface area contributed by atoms with Gasteiger partial charge in [-0.1, -0.05) is 18.2 Å². The minimum Gasteiger partial charge on any atom is -0.399 e. The molecule has 0 saturated carbocycles. The van der Waals surface area contributed by atoms with Crippen LogP contribution in [0.2, 0.25) is 0 Å². The zero-order valence-electron chi connectivity index (χ0n) is 14.6. The fourth-order valence-corrected chi connectivity index (χ4v) is 3.04. The highest BCUT2D eigenvalue weighted by atomic mass is 35.5. The first-order valence-electron chi connectivity index (χ1n) is 8.24. The normalized spacial score (nSPS) is 14.2. The van der Waals surface area contributed by atoms with Crippen molar-refractivity contribution in [2.75, 3.05) is 29.0 Å². The Labute approximate surface area is 166 Å². The lowest BCUT2D eigenvalue weighted by molar-refractivity contribution is 0.102. The molecule has 0 unspecified atom stereocenters. The number of aliphatic hydroxyl groups is 1. The highest BCUT2D eigenvalue weighted by Gasteiger charge is 2.20. The largest absolute Gasteiger partial charge is 0.399 e. The van der Waals surface area contributed by atoms with Crippen molar-refractivity contribution < 1.29 is 9.90 Å². The number of hydrogen-bond donors (Lipinski definition) is 3. The minimum atomic E-state index is -0.224. The van der Waals surface area contributed by atoms with Gasteiger partial charge in [-0.25, -0.2) is 0 Å². The molecule has 1 aliphatic rings. The second-order valence-electron chi connectivity index (χ2n) is 6.26. The molecule has 0 atom stereocenters. The number of nitrogens with one attached hydrogen (secondary N) is 1. The summed E-state index contributed by atoms with van der Waals surface area (Å²) in [7, 11) is 0. The zero-order valence-corrected chi connectivity index (χ0v) is 16.3. The van der Waals surface area contributed by atoms with Crippen LogP contribution in [0.1, 0.15) is 28.8 Å². The summed E-state index contributed by atoms with van der Waals surface area (Å²) in [5, 5.41) is 12.7. The van der Waals surface area contributed by atoms with E-state index in [1.54, 1.807) is 12.1 Å².